The molecule has 2 amide bonds. The first-order valence-corrected chi connectivity index (χ1v) is 13.1. The number of anilines is 2. The molecule has 3 N–H and O–H groups in total. The molecule has 180 valence electrons. The fourth-order valence-corrected chi connectivity index (χ4v) is 6.62. The highest BCUT2D eigenvalue weighted by Gasteiger charge is 2.35. The number of rotatable bonds is 4. The van der Waals surface area contributed by atoms with Crippen LogP contribution in [0, 0.1) is 5.92 Å². The molecule has 0 aliphatic carbocycles. The van der Waals surface area contributed by atoms with Crippen molar-refractivity contribution in [1.82, 2.24) is 4.31 Å². The summed E-state index contributed by atoms with van der Waals surface area (Å²) >= 11 is 0. The van der Waals surface area contributed by atoms with Crippen molar-refractivity contribution in [3.63, 3.8) is 0 Å². The number of nitrogens with two attached hydrogens (primary N) is 1. The van der Waals surface area contributed by atoms with Crippen LogP contribution < -0.4 is 20.7 Å². The first-order chi connectivity index (χ1) is 16.3. The number of amides is 2. The number of fused-ring (bicyclic) bond motifs is 2. The molecule has 9 nitrogen and oxygen atoms in total. The van der Waals surface area contributed by atoms with Gasteiger partial charge in [-0.05, 0) is 43.9 Å². The topological polar surface area (TPSA) is 122 Å². The minimum Gasteiger partial charge on any atom is -0.454 e. The Hall–Kier alpha value is -3.11. The van der Waals surface area contributed by atoms with Crippen molar-refractivity contribution in [2.24, 2.45) is 11.7 Å². The second-order valence-corrected chi connectivity index (χ2v) is 10.9. The average molecular weight is 485 g/mol. The van der Waals surface area contributed by atoms with Gasteiger partial charge in [0.05, 0.1) is 16.9 Å². The van der Waals surface area contributed by atoms with Crippen LogP contribution in [0.3, 0.4) is 0 Å². The number of ether oxygens (including phenoxy) is 1. The highest BCUT2D eigenvalue weighted by molar-refractivity contribution is 7.89. The van der Waals surface area contributed by atoms with E-state index in [4.69, 9.17) is 10.5 Å². The number of benzene rings is 2. The summed E-state index contributed by atoms with van der Waals surface area (Å²) in [4.78, 5) is 26.8. The summed E-state index contributed by atoms with van der Waals surface area (Å²) in [7, 11) is -3.84. The molecule has 0 unspecified atom stereocenters. The Morgan fingerprint density at radius 1 is 1.00 bits per heavy atom. The Bertz CT molecular complexity index is 1230. The predicted octanol–water partition coefficient (Wildman–Crippen LogP) is 2.92. The third-order valence-corrected chi connectivity index (χ3v) is 8.76. The Morgan fingerprint density at radius 3 is 2.41 bits per heavy atom. The molecule has 3 aliphatic rings. The normalized spacial score (nSPS) is 19.4. The van der Waals surface area contributed by atoms with E-state index in [0.29, 0.717) is 61.9 Å². The van der Waals surface area contributed by atoms with E-state index in [-0.39, 0.29) is 22.3 Å². The fourth-order valence-electron chi connectivity index (χ4n) is 4.88. The van der Waals surface area contributed by atoms with Crippen molar-refractivity contribution in [3.05, 3.63) is 42.0 Å². The van der Waals surface area contributed by atoms with E-state index in [1.807, 2.05) is 4.90 Å². The molecule has 0 saturated carbocycles. The quantitative estimate of drug-likeness (QED) is 0.688. The number of carbonyl (C=O) groups is 2. The SMILES string of the molecule is NC(=O)C1CCN(c2cc3c(cc2S(=O)(=O)N2CCCCC2)C(=O)Nc2ccccc2O3)CC1. The van der Waals surface area contributed by atoms with Crippen LogP contribution in [0.4, 0.5) is 11.4 Å². The van der Waals surface area contributed by atoms with Crippen LogP contribution in [0.15, 0.2) is 41.3 Å². The predicted molar refractivity (Wildman–Crippen MR) is 128 cm³/mol. The van der Waals surface area contributed by atoms with Crippen LogP contribution in [0.1, 0.15) is 42.5 Å². The molecule has 5 rings (SSSR count). The Balaban J connectivity index is 1.61. The van der Waals surface area contributed by atoms with Crippen molar-refractivity contribution in [1.29, 1.82) is 0 Å². The van der Waals surface area contributed by atoms with Crippen molar-refractivity contribution in [2.45, 2.75) is 37.0 Å². The summed E-state index contributed by atoms with van der Waals surface area (Å²) in [5.41, 5.74) is 6.67. The first kappa shape index (κ1) is 22.7. The number of hydrogen-bond acceptors (Lipinski definition) is 6. The molecule has 3 aliphatic heterocycles. The maximum absolute atomic E-state index is 13.8. The largest absolute Gasteiger partial charge is 0.454 e. The minimum absolute atomic E-state index is 0.0929. The number of sulfonamides is 1. The van der Waals surface area contributed by atoms with Crippen molar-refractivity contribution in [3.8, 4) is 11.5 Å². The number of para-hydroxylation sites is 2. The standard InChI is InChI=1S/C24H28N4O5S/c25-23(29)16-8-12-27(13-9-16)19-15-21-17(24(30)26-18-6-2-3-7-20(18)33-21)14-22(19)34(31,32)28-10-4-1-5-11-28/h2-3,6-7,14-16H,1,4-5,8-13H2,(H2,25,29)(H,26,30). The molecular weight excluding hydrogens is 456 g/mol. The van der Waals surface area contributed by atoms with Gasteiger partial charge >= 0.3 is 0 Å². The van der Waals surface area contributed by atoms with Gasteiger partial charge in [-0.25, -0.2) is 8.42 Å². The lowest BCUT2D eigenvalue weighted by Crippen LogP contribution is -2.40. The van der Waals surface area contributed by atoms with Crippen molar-refractivity contribution in [2.75, 3.05) is 36.4 Å². The van der Waals surface area contributed by atoms with Gasteiger partial charge in [0.15, 0.2) is 5.75 Å². The van der Waals surface area contributed by atoms with E-state index in [9.17, 15) is 18.0 Å². The van der Waals surface area contributed by atoms with Gasteiger partial charge < -0.3 is 20.7 Å². The molecule has 3 heterocycles. The van der Waals surface area contributed by atoms with E-state index < -0.39 is 15.9 Å². The van der Waals surface area contributed by atoms with E-state index in [2.05, 4.69) is 5.32 Å². The molecule has 0 aromatic heterocycles. The molecule has 0 bridgehead atoms. The van der Waals surface area contributed by atoms with Crippen LogP contribution >= 0.6 is 0 Å². The molecule has 0 atom stereocenters. The third kappa shape index (κ3) is 4.12. The van der Waals surface area contributed by atoms with Gasteiger partial charge in [0.25, 0.3) is 5.91 Å². The summed E-state index contributed by atoms with van der Waals surface area (Å²) < 4.78 is 35.1. The summed E-state index contributed by atoms with van der Waals surface area (Å²) in [5.74, 6) is -0.201. The van der Waals surface area contributed by atoms with E-state index in [1.54, 1.807) is 30.3 Å². The number of nitrogens with zero attached hydrogens (tertiary/aromatic N) is 2. The number of piperidine rings is 2. The molecule has 2 fully saturated rings. The molecule has 10 heteroatoms. The van der Waals surface area contributed by atoms with Crippen LogP contribution in [0.25, 0.3) is 0 Å². The van der Waals surface area contributed by atoms with E-state index in [0.717, 1.165) is 19.3 Å². The number of nitrogens with one attached hydrogen (secondary N) is 1. The zero-order valence-electron chi connectivity index (χ0n) is 18.8. The third-order valence-electron chi connectivity index (χ3n) is 6.83. The van der Waals surface area contributed by atoms with Gasteiger partial charge in [-0.3, -0.25) is 9.59 Å². The fraction of sp³-hybridized carbons (Fsp3) is 0.417. The average Bonchev–Trinajstić information content (AvgIpc) is 2.99. The van der Waals surface area contributed by atoms with Crippen LogP contribution in [-0.4, -0.2) is 50.7 Å². The van der Waals surface area contributed by atoms with Gasteiger partial charge in [-0.15, -0.1) is 0 Å². The molecule has 34 heavy (non-hydrogen) atoms. The van der Waals surface area contributed by atoms with Crippen LogP contribution in [-0.2, 0) is 14.8 Å². The Kier molecular flexibility index (Phi) is 5.95. The van der Waals surface area contributed by atoms with E-state index in [1.165, 1.54) is 10.4 Å². The lowest BCUT2D eigenvalue weighted by Gasteiger charge is -2.35. The van der Waals surface area contributed by atoms with Gasteiger partial charge in [-0.1, -0.05) is 18.6 Å². The lowest BCUT2D eigenvalue weighted by molar-refractivity contribution is -0.122. The smallest absolute Gasteiger partial charge is 0.259 e. The maximum atomic E-state index is 13.8. The summed E-state index contributed by atoms with van der Waals surface area (Å²) in [6.07, 6.45) is 3.70. The van der Waals surface area contributed by atoms with Gasteiger partial charge in [0.2, 0.25) is 15.9 Å². The Labute approximate surface area is 198 Å². The highest BCUT2D eigenvalue weighted by atomic mass is 32.2. The second-order valence-electron chi connectivity index (χ2n) is 9.00. The maximum Gasteiger partial charge on any atom is 0.259 e. The summed E-state index contributed by atoms with van der Waals surface area (Å²) in [5, 5.41) is 2.82. The van der Waals surface area contributed by atoms with Crippen molar-refractivity contribution >= 4 is 33.2 Å². The van der Waals surface area contributed by atoms with Gasteiger partial charge in [0, 0.05) is 38.2 Å². The lowest BCUT2D eigenvalue weighted by atomic mass is 9.96. The molecule has 0 spiro atoms. The molecule has 2 aromatic rings. The van der Waals surface area contributed by atoms with E-state index >= 15 is 0 Å². The van der Waals surface area contributed by atoms with Gasteiger partial charge in [-0.2, -0.15) is 4.31 Å². The number of carbonyl (C=O) groups excluding carboxylic acids is 2. The zero-order chi connectivity index (χ0) is 23.9. The number of hydrogen-bond donors (Lipinski definition) is 2. The minimum atomic E-state index is -3.84. The molecule has 0 radical (unpaired) electrons. The monoisotopic (exact) mass is 484 g/mol. The second kappa shape index (κ2) is 8.92. The Morgan fingerprint density at radius 2 is 1.71 bits per heavy atom. The summed E-state index contributed by atoms with van der Waals surface area (Å²) in [6.45, 7) is 1.88. The van der Waals surface area contributed by atoms with Gasteiger partial charge in [0.1, 0.15) is 10.6 Å². The molecular formula is C24H28N4O5S. The molecule has 2 aromatic carbocycles. The van der Waals surface area contributed by atoms with Crippen molar-refractivity contribution < 1.29 is 22.7 Å². The zero-order valence-corrected chi connectivity index (χ0v) is 19.6. The highest BCUT2D eigenvalue weighted by Crippen LogP contribution is 2.42. The first-order valence-electron chi connectivity index (χ1n) is 11.7. The van der Waals surface area contributed by atoms with Crippen LogP contribution in [0.5, 0.6) is 11.5 Å². The van der Waals surface area contributed by atoms with Crippen LogP contribution in [0.2, 0.25) is 0 Å². The number of primary amides is 1. The molecule has 2 saturated heterocycles. The summed E-state index contributed by atoms with van der Waals surface area (Å²) in [6, 6.07) is 10.2.